The van der Waals surface area contributed by atoms with E-state index in [1.165, 1.54) is 0 Å². The van der Waals surface area contributed by atoms with Gasteiger partial charge in [0.15, 0.2) is 0 Å². The lowest BCUT2D eigenvalue weighted by molar-refractivity contribution is -0.116. The summed E-state index contributed by atoms with van der Waals surface area (Å²) in [6, 6.07) is 5.26. The van der Waals surface area contributed by atoms with Gasteiger partial charge in [-0.15, -0.1) is 0 Å². The molecule has 122 valence electrons. The van der Waals surface area contributed by atoms with Crippen molar-refractivity contribution in [3.63, 3.8) is 0 Å². The van der Waals surface area contributed by atoms with Crippen LogP contribution in [0.4, 0.5) is 5.69 Å². The van der Waals surface area contributed by atoms with Gasteiger partial charge in [0.1, 0.15) is 0 Å². The van der Waals surface area contributed by atoms with Gasteiger partial charge in [-0.2, -0.15) is 0 Å². The molecule has 2 rings (SSSR count). The van der Waals surface area contributed by atoms with Gasteiger partial charge >= 0.3 is 0 Å². The number of halogens is 2. The maximum absolute atomic E-state index is 12.1. The first-order valence-electron chi connectivity index (χ1n) is 7.65. The van der Waals surface area contributed by atoms with E-state index < -0.39 is 0 Å². The van der Waals surface area contributed by atoms with Crippen LogP contribution in [-0.2, 0) is 4.79 Å². The summed E-state index contributed by atoms with van der Waals surface area (Å²) in [7, 11) is 0. The standard InChI is InChI=1S/C16H22Cl2N2O2/c1-11(21)14-7-2-3-9-20(14)10-8-15(22)19-16-12(17)5-4-6-13(16)18/h4-6,11,14,21H,2-3,7-10H2,1H3,(H,19,22). The molecule has 2 atom stereocenters. The van der Waals surface area contributed by atoms with Crippen LogP contribution in [0.15, 0.2) is 18.2 Å². The SMILES string of the molecule is CC(O)C1CCCCN1CCC(=O)Nc1c(Cl)cccc1Cl. The van der Waals surface area contributed by atoms with Gasteiger partial charge in [0.25, 0.3) is 0 Å². The van der Waals surface area contributed by atoms with Crippen molar-refractivity contribution in [3.05, 3.63) is 28.2 Å². The highest BCUT2D eigenvalue weighted by Crippen LogP contribution is 2.30. The van der Waals surface area contributed by atoms with Crippen LogP contribution >= 0.6 is 23.2 Å². The lowest BCUT2D eigenvalue weighted by Crippen LogP contribution is -2.46. The van der Waals surface area contributed by atoms with Crippen molar-refractivity contribution in [2.45, 2.75) is 44.8 Å². The number of anilines is 1. The van der Waals surface area contributed by atoms with Crippen LogP contribution in [0.2, 0.25) is 10.0 Å². The molecule has 0 saturated carbocycles. The predicted molar refractivity (Wildman–Crippen MR) is 90.6 cm³/mol. The van der Waals surface area contributed by atoms with Gasteiger partial charge in [-0.1, -0.05) is 35.7 Å². The predicted octanol–water partition coefficient (Wildman–Crippen LogP) is 3.56. The Morgan fingerprint density at radius 2 is 2.09 bits per heavy atom. The zero-order valence-electron chi connectivity index (χ0n) is 12.7. The maximum Gasteiger partial charge on any atom is 0.225 e. The van der Waals surface area contributed by atoms with Gasteiger partial charge in [0.05, 0.1) is 21.8 Å². The van der Waals surface area contributed by atoms with E-state index in [2.05, 4.69) is 10.2 Å². The Labute approximate surface area is 141 Å². The van der Waals surface area contributed by atoms with E-state index in [9.17, 15) is 9.90 Å². The molecule has 4 nitrogen and oxygen atoms in total. The number of aliphatic hydroxyl groups is 1. The van der Waals surface area contributed by atoms with Crippen molar-refractivity contribution in [2.75, 3.05) is 18.4 Å². The Bertz CT molecular complexity index is 503. The zero-order valence-corrected chi connectivity index (χ0v) is 14.2. The number of nitrogens with zero attached hydrogens (tertiary/aromatic N) is 1. The average molecular weight is 345 g/mol. The lowest BCUT2D eigenvalue weighted by Gasteiger charge is -2.37. The molecule has 0 aliphatic carbocycles. The Hall–Kier alpha value is -0.810. The third-order valence-corrected chi connectivity index (χ3v) is 4.70. The minimum atomic E-state index is -0.374. The van der Waals surface area contributed by atoms with Crippen LogP contribution in [0, 0.1) is 0 Å². The van der Waals surface area contributed by atoms with Crippen molar-refractivity contribution in [1.82, 2.24) is 4.90 Å². The molecule has 2 unspecified atom stereocenters. The van der Waals surface area contributed by atoms with E-state index in [0.717, 1.165) is 25.8 Å². The van der Waals surface area contributed by atoms with E-state index in [4.69, 9.17) is 23.2 Å². The fourth-order valence-electron chi connectivity index (χ4n) is 2.91. The van der Waals surface area contributed by atoms with Crippen molar-refractivity contribution in [2.24, 2.45) is 0 Å². The molecule has 1 amide bonds. The lowest BCUT2D eigenvalue weighted by atomic mass is 9.98. The van der Waals surface area contributed by atoms with Gasteiger partial charge in [-0.3, -0.25) is 9.69 Å². The zero-order chi connectivity index (χ0) is 16.1. The van der Waals surface area contributed by atoms with Crippen LogP contribution < -0.4 is 5.32 Å². The average Bonchev–Trinajstić information content (AvgIpc) is 2.49. The molecule has 2 N–H and O–H groups in total. The molecule has 0 spiro atoms. The Balaban J connectivity index is 1.89. The number of nitrogens with one attached hydrogen (secondary N) is 1. The molecular formula is C16H22Cl2N2O2. The fraction of sp³-hybridized carbons (Fsp3) is 0.562. The molecule has 0 aromatic heterocycles. The number of amides is 1. The molecule has 0 radical (unpaired) electrons. The summed E-state index contributed by atoms with van der Waals surface area (Å²) in [6.45, 7) is 3.37. The van der Waals surface area contributed by atoms with Gasteiger partial charge in [0, 0.05) is 19.0 Å². The Morgan fingerprint density at radius 3 is 2.73 bits per heavy atom. The number of aliphatic hydroxyl groups excluding tert-OH is 1. The fourth-order valence-corrected chi connectivity index (χ4v) is 3.40. The van der Waals surface area contributed by atoms with Crippen molar-refractivity contribution in [1.29, 1.82) is 0 Å². The Kier molecular flexibility index (Phi) is 6.50. The van der Waals surface area contributed by atoms with E-state index >= 15 is 0 Å². The summed E-state index contributed by atoms with van der Waals surface area (Å²) >= 11 is 12.1. The number of carbonyl (C=O) groups excluding carboxylic acids is 1. The second kappa shape index (κ2) is 8.16. The topological polar surface area (TPSA) is 52.6 Å². The minimum absolute atomic E-state index is 0.120. The first-order chi connectivity index (χ1) is 10.5. The molecule has 1 aliphatic rings. The van der Waals surface area contributed by atoms with Gasteiger partial charge in [-0.05, 0) is 38.4 Å². The quantitative estimate of drug-likeness (QED) is 0.858. The van der Waals surface area contributed by atoms with Crippen molar-refractivity contribution < 1.29 is 9.90 Å². The summed E-state index contributed by atoms with van der Waals surface area (Å²) in [6.07, 6.45) is 3.20. The highest BCUT2D eigenvalue weighted by Gasteiger charge is 2.26. The number of hydrogen-bond acceptors (Lipinski definition) is 3. The third-order valence-electron chi connectivity index (χ3n) is 4.07. The Morgan fingerprint density at radius 1 is 1.41 bits per heavy atom. The van der Waals surface area contributed by atoms with E-state index in [1.807, 2.05) is 6.92 Å². The van der Waals surface area contributed by atoms with Crippen molar-refractivity contribution in [3.8, 4) is 0 Å². The van der Waals surface area contributed by atoms with Crippen LogP contribution in [-0.4, -0.2) is 41.1 Å². The monoisotopic (exact) mass is 344 g/mol. The second-order valence-corrected chi connectivity index (χ2v) is 6.55. The van der Waals surface area contributed by atoms with E-state index in [-0.39, 0.29) is 18.1 Å². The van der Waals surface area contributed by atoms with Crippen LogP contribution in [0.1, 0.15) is 32.6 Å². The summed E-state index contributed by atoms with van der Waals surface area (Å²) < 4.78 is 0. The summed E-state index contributed by atoms with van der Waals surface area (Å²) in [5.41, 5.74) is 0.460. The second-order valence-electron chi connectivity index (χ2n) is 5.73. The number of para-hydroxylation sites is 1. The molecule has 1 fully saturated rings. The minimum Gasteiger partial charge on any atom is -0.392 e. The third kappa shape index (κ3) is 4.59. The number of likely N-dealkylation sites (tertiary alicyclic amines) is 1. The van der Waals surface area contributed by atoms with E-state index in [1.54, 1.807) is 18.2 Å². The molecule has 6 heteroatoms. The summed E-state index contributed by atoms with van der Waals surface area (Å²) in [5.74, 6) is -0.120. The van der Waals surface area contributed by atoms with Gasteiger partial charge in [0.2, 0.25) is 5.91 Å². The molecule has 0 bridgehead atoms. The van der Waals surface area contributed by atoms with Gasteiger partial charge < -0.3 is 10.4 Å². The maximum atomic E-state index is 12.1. The summed E-state index contributed by atoms with van der Waals surface area (Å²) in [4.78, 5) is 14.3. The van der Waals surface area contributed by atoms with Gasteiger partial charge in [-0.25, -0.2) is 0 Å². The molecular weight excluding hydrogens is 323 g/mol. The van der Waals surface area contributed by atoms with Crippen LogP contribution in [0.25, 0.3) is 0 Å². The van der Waals surface area contributed by atoms with Crippen molar-refractivity contribution >= 4 is 34.8 Å². The first-order valence-corrected chi connectivity index (χ1v) is 8.40. The molecule has 1 aromatic rings. The molecule has 22 heavy (non-hydrogen) atoms. The summed E-state index contributed by atoms with van der Waals surface area (Å²) in [5, 5.41) is 13.5. The molecule has 1 aromatic carbocycles. The van der Waals surface area contributed by atoms with Crippen LogP contribution in [0.3, 0.4) is 0 Å². The number of piperidine rings is 1. The van der Waals surface area contributed by atoms with E-state index in [0.29, 0.717) is 28.7 Å². The normalized spacial score (nSPS) is 20.6. The van der Waals surface area contributed by atoms with Crippen LogP contribution in [0.5, 0.6) is 0 Å². The highest BCUT2D eigenvalue weighted by atomic mass is 35.5. The number of benzene rings is 1. The number of carbonyl (C=O) groups is 1. The highest BCUT2D eigenvalue weighted by molar-refractivity contribution is 6.39. The smallest absolute Gasteiger partial charge is 0.225 e. The number of rotatable bonds is 5. The number of hydrogen-bond donors (Lipinski definition) is 2. The molecule has 1 aliphatic heterocycles. The molecule has 1 heterocycles. The first kappa shape index (κ1) is 17.5. The molecule has 1 saturated heterocycles. The largest absolute Gasteiger partial charge is 0.392 e.